The number of aromatic amines is 1. The molecule has 1 heterocycles. The Morgan fingerprint density at radius 2 is 1.89 bits per heavy atom. The average molecular weight is 285 g/mol. The summed E-state index contributed by atoms with van der Waals surface area (Å²) in [6.07, 6.45) is 1.09. The van der Waals surface area contributed by atoms with E-state index in [1.54, 1.807) is 0 Å². The lowest BCUT2D eigenvalue weighted by Crippen LogP contribution is -2.33. The third-order valence-electron chi connectivity index (χ3n) is 2.20. The normalized spacial score (nSPS) is 10.3. The Morgan fingerprint density at radius 3 is 2.50 bits per heavy atom. The summed E-state index contributed by atoms with van der Waals surface area (Å²) in [5, 5.41) is 0.510. The molecule has 0 aliphatic carbocycles. The maximum atomic E-state index is 12.0. The van der Waals surface area contributed by atoms with Crippen LogP contribution in [0.15, 0.2) is 40.1 Å². The van der Waals surface area contributed by atoms with Gasteiger partial charge in [-0.25, -0.2) is 9.36 Å². The van der Waals surface area contributed by atoms with E-state index in [4.69, 9.17) is 23.2 Å². The predicted molar refractivity (Wildman–Crippen MR) is 67.5 cm³/mol. The Labute approximate surface area is 111 Å². The molecule has 0 saturated heterocycles. The van der Waals surface area contributed by atoms with Gasteiger partial charge in [0.25, 0.3) is 11.5 Å². The second kappa shape index (κ2) is 4.80. The van der Waals surface area contributed by atoms with Crippen molar-refractivity contribution in [3.8, 4) is 0 Å². The minimum Gasteiger partial charge on any atom is -0.274 e. The molecule has 0 aliphatic heterocycles. The minimum atomic E-state index is -0.821. The van der Waals surface area contributed by atoms with Crippen LogP contribution in [0.5, 0.6) is 0 Å². The number of H-pyrrole nitrogens is 1. The lowest BCUT2D eigenvalue weighted by Gasteiger charge is -2.05. The molecule has 0 amide bonds. The first kappa shape index (κ1) is 12.6. The van der Waals surface area contributed by atoms with E-state index in [1.807, 2.05) is 4.98 Å². The van der Waals surface area contributed by atoms with Crippen LogP contribution in [-0.4, -0.2) is 15.5 Å². The van der Waals surface area contributed by atoms with Gasteiger partial charge in [-0.3, -0.25) is 14.6 Å². The standard InChI is InChI=1S/C11H6Cl2N2O3/c12-6-1-2-7(8(13)5-6)10(17)15-4-3-9(16)14-11(15)18/h1-5H,(H,14,16,18). The molecule has 0 fully saturated rings. The molecule has 92 valence electrons. The van der Waals surface area contributed by atoms with Crippen LogP contribution < -0.4 is 11.2 Å². The molecule has 0 unspecified atom stereocenters. The number of aromatic nitrogens is 2. The number of nitrogens with one attached hydrogen (secondary N) is 1. The largest absolute Gasteiger partial charge is 0.335 e. The number of carbonyl (C=O) groups excluding carboxylic acids is 1. The Hall–Kier alpha value is -1.85. The second-order valence-electron chi connectivity index (χ2n) is 3.41. The zero-order valence-corrected chi connectivity index (χ0v) is 10.3. The zero-order chi connectivity index (χ0) is 13.3. The Morgan fingerprint density at radius 1 is 1.17 bits per heavy atom. The number of nitrogens with zero attached hydrogens (tertiary/aromatic N) is 1. The van der Waals surface area contributed by atoms with Gasteiger partial charge in [-0.1, -0.05) is 23.2 Å². The molecule has 0 saturated carbocycles. The molecular weight excluding hydrogens is 279 g/mol. The molecule has 2 aromatic rings. The molecule has 0 radical (unpaired) electrons. The smallest absolute Gasteiger partial charge is 0.274 e. The lowest BCUT2D eigenvalue weighted by molar-refractivity contribution is 0.0954. The van der Waals surface area contributed by atoms with E-state index < -0.39 is 17.2 Å². The SMILES string of the molecule is O=C(c1ccc(Cl)cc1Cl)n1ccc(=O)[nH]c1=O. The third-order valence-corrected chi connectivity index (χ3v) is 2.75. The highest BCUT2D eigenvalue weighted by Crippen LogP contribution is 2.21. The minimum absolute atomic E-state index is 0.121. The van der Waals surface area contributed by atoms with E-state index in [0.29, 0.717) is 5.02 Å². The van der Waals surface area contributed by atoms with Gasteiger partial charge in [0.1, 0.15) is 0 Å². The summed E-state index contributed by atoms with van der Waals surface area (Å²) in [6.45, 7) is 0. The van der Waals surface area contributed by atoms with E-state index in [0.717, 1.165) is 16.8 Å². The highest BCUT2D eigenvalue weighted by atomic mass is 35.5. The topological polar surface area (TPSA) is 71.9 Å². The van der Waals surface area contributed by atoms with E-state index >= 15 is 0 Å². The van der Waals surface area contributed by atoms with Crippen molar-refractivity contribution in [2.24, 2.45) is 0 Å². The van der Waals surface area contributed by atoms with Gasteiger partial charge in [0, 0.05) is 17.3 Å². The number of hydrogen-bond donors (Lipinski definition) is 1. The van der Waals surface area contributed by atoms with Gasteiger partial charge in [-0.2, -0.15) is 0 Å². The molecule has 1 N–H and O–H groups in total. The molecule has 0 spiro atoms. The number of carbonyl (C=O) groups is 1. The second-order valence-corrected chi connectivity index (χ2v) is 4.25. The van der Waals surface area contributed by atoms with Crippen LogP contribution in [0.25, 0.3) is 0 Å². The fourth-order valence-corrected chi connectivity index (χ4v) is 1.86. The van der Waals surface area contributed by atoms with Crippen LogP contribution in [0.3, 0.4) is 0 Å². The van der Waals surface area contributed by atoms with E-state index in [1.165, 1.54) is 18.2 Å². The highest BCUT2D eigenvalue weighted by Gasteiger charge is 2.14. The summed E-state index contributed by atoms with van der Waals surface area (Å²) in [6, 6.07) is 5.36. The number of halogens is 2. The van der Waals surface area contributed by atoms with Crippen molar-refractivity contribution < 1.29 is 4.79 Å². The van der Waals surface area contributed by atoms with Crippen molar-refractivity contribution in [3.63, 3.8) is 0 Å². The molecule has 1 aromatic heterocycles. The molecule has 5 nitrogen and oxygen atoms in total. The van der Waals surface area contributed by atoms with Crippen molar-refractivity contribution in [2.45, 2.75) is 0 Å². The summed E-state index contributed by atoms with van der Waals surface area (Å²) >= 11 is 11.6. The van der Waals surface area contributed by atoms with Crippen molar-refractivity contribution in [3.05, 3.63) is 66.9 Å². The summed E-state index contributed by atoms with van der Waals surface area (Å²) in [7, 11) is 0. The van der Waals surface area contributed by atoms with Crippen molar-refractivity contribution in [2.75, 3.05) is 0 Å². The average Bonchev–Trinajstić information content (AvgIpc) is 2.28. The Bertz CT molecular complexity index is 734. The van der Waals surface area contributed by atoms with Crippen LogP contribution in [0.2, 0.25) is 10.0 Å². The van der Waals surface area contributed by atoms with Gasteiger partial charge in [-0.15, -0.1) is 0 Å². The first-order valence-corrected chi connectivity index (χ1v) is 5.56. The van der Waals surface area contributed by atoms with Crippen LogP contribution in [-0.2, 0) is 0 Å². The monoisotopic (exact) mass is 284 g/mol. The molecule has 18 heavy (non-hydrogen) atoms. The van der Waals surface area contributed by atoms with Crippen LogP contribution in [0.1, 0.15) is 10.4 Å². The molecule has 0 aliphatic rings. The van der Waals surface area contributed by atoms with Crippen molar-refractivity contribution in [1.82, 2.24) is 9.55 Å². The summed E-state index contributed by atoms with van der Waals surface area (Å²) in [5.74, 6) is -0.641. The molecule has 2 rings (SSSR count). The third kappa shape index (κ3) is 2.37. The van der Waals surface area contributed by atoms with E-state index in [-0.39, 0.29) is 10.6 Å². The fraction of sp³-hybridized carbons (Fsp3) is 0. The predicted octanol–water partition coefficient (Wildman–Crippen LogP) is 1.53. The number of hydrogen-bond acceptors (Lipinski definition) is 3. The van der Waals surface area contributed by atoms with Crippen molar-refractivity contribution >= 4 is 29.1 Å². The Kier molecular flexibility index (Phi) is 3.36. The van der Waals surface area contributed by atoms with Gasteiger partial charge >= 0.3 is 5.69 Å². The molecule has 0 atom stereocenters. The molecule has 7 heteroatoms. The lowest BCUT2D eigenvalue weighted by atomic mass is 10.2. The van der Waals surface area contributed by atoms with Crippen molar-refractivity contribution in [1.29, 1.82) is 0 Å². The maximum absolute atomic E-state index is 12.0. The highest BCUT2D eigenvalue weighted by molar-refractivity contribution is 6.36. The zero-order valence-electron chi connectivity index (χ0n) is 8.81. The van der Waals surface area contributed by atoms with Crippen LogP contribution in [0, 0.1) is 0 Å². The first-order chi connectivity index (χ1) is 8.49. The number of rotatable bonds is 1. The summed E-state index contributed by atoms with van der Waals surface area (Å²) in [5.41, 5.74) is -1.28. The first-order valence-electron chi connectivity index (χ1n) is 4.81. The summed E-state index contributed by atoms with van der Waals surface area (Å²) in [4.78, 5) is 36.3. The van der Waals surface area contributed by atoms with Gasteiger partial charge in [0.2, 0.25) is 0 Å². The molecular formula is C11H6Cl2N2O3. The van der Waals surface area contributed by atoms with E-state index in [9.17, 15) is 14.4 Å². The van der Waals surface area contributed by atoms with Crippen LogP contribution >= 0.6 is 23.2 Å². The Balaban J connectivity index is 2.55. The summed E-state index contributed by atoms with van der Waals surface area (Å²) < 4.78 is 0.760. The maximum Gasteiger partial charge on any atom is 0.335 e. The van der Waals surface area contributed by atoms with Gasteiger partial charge in [0.15, 0.2) is 0 Å². The molecule has 0 bridgehead atoms. The fourth-order valence-electron chi connectivity index (χ4n) is 1.37. The van der Waals surface area contributed by atoms with Gasteiger partial charge in [0.05, 0.1) is 10.6 Å². The van der Waals surface area contributed by atoms with Gasteiger partial charge < -0.3 is 0 Å². The number of benzene rings is 1. The van der Waals surface area contributed by atoms with E-state index in [2.05, 4.69) is 0 Å². The van der Waals surface area contributed by atoms with Gasteiger partial charge in [-0.05, 0) is 18.2 Å². The van der Waals surface area contributed by atoms with Crippen LogP contribution in [0.4, 0.5) is 0 Å². The quantitative estimate of drug-likeness (QED) is 0.863. The molecule has 1 aromatic carbocycles.